The van der Waals surface area contributed by atoms with Gasteiger partial charge in [-0.2, -0.15) is 10.2 Å². The number of furan rings is 1. The van der Waals surface area contributed by atoms with Gasteiger partial charge in [0.25, 0.3) is 0 Å². The largest absolute Gasteiger partial charge is 0.461 e. The van der Waals surface area contributed by atoms with Gasteiger partial charge in [-0.1, -0.05) is 24.4 Å². The zero-order chi connectivity index (χ0) is 16.1. The summed E-state index contributed by atoms with van der Waals surface area (Å²) in [6, 6.07) is 5.75. The van der Waals surface area contributed by atoms with Crippen molar-refractivity contribution >= 4 is 5.91 Å². The van der Waals surface area contributed by atoms with E-state index in [1.165, 1.54) is 6.26 Å². The second-order valence-corrected chi connectivity index (χ2v) is 5.79. The van der Waals surface area contributed by atoms with Crippen LogP contribution >= 0.6 is 0 Å². The third kappa shape index (κ3) is 3.59. The van der Waals surface area contributed by atoms with Crippen molar-refractivity contribution in [2.24, 2.45) is 0 Å². The molecule has 23 heavy (non-hydrogen) atoms. The van der Waals surface area contributed by atoms with Crippen molar-refractivity contribution in [1.29, 1.82) is 5.26 Å². The Balaban J connectivity index is 1.54. The van der Waals surface area contributed by atoms with Gasteiger partial charge in [-0.05, 0) is 25.0 Å². The monoisotopic (exact) mass is 314 g/mol. The third-order valence-electron chi connectivity index (χ3n) is 4.08. The van der Waals surface area contributed by atoms with Gasteiger partial charge in [0.1, 0.15) is 5.54 Å². The number of rotatable bonds is 5. The Morgan fingerprint density at radius 3 is 2.91 bits per heavy atom. The standard InChI is InChI=1S/C16H18N4O3/c17-11-16(8-2-1-3-9-16)19-13(21)6-7-14-18-15(20-23-14)12-5-4-10-22-12/h4-5,10H,1-3,6-9H2,(H,19,21). The van der Waals surface area contributed by atoms with Crippen molar-refractivity contribution in [1.82, 2.24) is 15.5 Å². The summed E-state index contributed by atoms with van der Waals surface area (Å²) in [6.45, 7) is 0. The molecule has 0 aliphatic heterocycles. The lowest BCUT2D eigenvalue weighted by Crippen LogP contribution is -2.48. The van der Waals surface area contributed by atoms with Crippen molar-refractivity contribution in [3.05, 3.63) is 24.3 Å². The van der Waals surface area contributed by atoms with Crippen LogP contribution in [0, 0.1) is 11.3 Å². The van der Waals surface area contributed by atoms with Gasteiger partial charge in [0, 0.05) is 12.8 Å². The first kappa shape index (κ1) is 15.3. The molecule has 2 aromatic rings. The molecule has 120 valence electrons. The highest BCUT2D eigenvalue weighted by atomic mass is 16.5. The number of amides is 1. The van der Waals surface area contributed by atoms with Crippen LogP contribution in [0.1, 0.15) is 44.4 Å². The summed E-state index contributed by atoms with van der Waals surface area (Å²) in [5, 5.41) is 16.1. The lowest BCUT2D eigenvalue weighted by Gasteiger charge is -2.31. The third-order valence-corrected chi connectivity index (χ3v) is 4.08. The number of carbonyl (C=O) groups is 1. The van der Waals surface area contributed by atoms with Gasteiger partial charge in [-0.15, -0.1) is 0 Å². The van der Waals surface area contributed by atoms with E-state index in [-0.39, 0.29) is 12.3 Å². The SMILES string of the molecule is N#CC1(NC(=O)CCc2nc(-c3ccco3)no2)CCCCC1. The number of nitrogens with zero attached hydrogens (tertiary/aromatic N) is 3. The van der Waals surface area contributed by atoms with E-state index in [4.69, 9.17) is 8.94 Å². The molecule has 0 spiro atoms. The molecule has 1 amide bonds. The van der Waals surface area contributed by atoms with E-state index in [9.17, 15) is 10.1 Å². The van der Waals surface area contributed by atoms with E-state index in [1.54, 1.807) is 12.1 Å². The van der Waals surface area contributed by atoms with Crippen LogP contribution in [0.3, 0.4) is 0 Å². The van der Waals surface area contributed by atoms with E-state index in [0.29, 0.717) is 23.9 Å². The molecule has 1 aliphatic rings. The van der Waals surface area contributed by atoms with Gasteiger partial charge in [0.15, 0.2) is 5.76 Å². The van der Waals surface area contributed by atoms with Crippen molar-refractivity contribution < 1.29 is 13.7 Å². The maximum atomic E-state index is 12.1. The second-order valence-electron chi connectivity index (χ2n) is 5.79. The molecule has 0 atom stereocenters. The van der Waals surface area contributed by atoms with Gasteiger partial charge in [0.05, 0.1) is 12.3 Å². The van der Waals surface area contributed by atoms with Crippen LogP contribution in [0.2, 0.25) is 0 Å². The fourth-order valence-electron chi connectivity index (χ4n) is 2.83. The molecule has 0 saturated heterocycles. The summed E-state index contributed by atoms with van der Waals surface area (Å²) in [7, 11) is 0. The van der Waals surface area contributed by atoms with Gasteiger partial charge in [-0.3, -0.25) is 4.79 Å². The van der Waals surface area contributed by atoms with Crippen molar-refractivity contribution in [3.8, 4) is 17.7 Å². The molecule has 7 nitrogen and oxygen atoms in total. The molecule has 1 saturated carbocycles. The molecule has 3 rings (SSSR count). The summed E-state index contributed by atoms with van der Waals surface area (Å²) < 4.78 is 10.3. The molecule has 1 fully saturated rings. The summed E-state index contributed by atoms with van der Waals surface area (Å²) in [5.41, 5.74) is -0.705. The summed E-state index contributed by atoms with van der Waals surface area (Å²) >= 11 is 0. The Hall–Kier alpha value is -2.62. The number of hydrogen-bond donors (Lipinski definition) is 1. The van der Waals surface area contributed by atoms with Crippen LogP contribution < -0.4 is 5.32 Å². The molecular weight excluding hydrogens is 296 g/mol. The van der Waals surface area contributed by atoms with E-state index in [0.717, 1.165) is 32.1 Å². The Morgan fingerprint density at radius 1 is 1.39 bits per heavy atom. The van der Waals surface area contributed by atoms with E-state index >= 15 is 0 Å². The molecule has 2 heterocycles. The molecule has 2 aromatic heterocycles. The van der Waals surface area contributed by atoms with E-state index in [1.807, 2.05) is 0 Å². The van der Waals surface area contributed by atoms with Gasteiger partial charge < -0.3 is 14.3 Å². The maximum absolute atomic E-state index is 12.1. The molecule has 0 aromatic carbocycles. The number of hydrogen-bond acceptors (Lipinski definition) is 6. The second kappa shape index (κ2) is 6.65. The van der Waals surface area contributed by atoms with Gasteiger partial charge in [0.2, 0.25) is 17.6 Å². The minimum absolute atomic E-state index is 0.161. The topological polar surface area (TPSA) is 105 Å². The van der Waals surface area contributed by atoms with Crippen LogP contribution in [0.5, 0.6) is 0 Å². The van der Waals surface area contributed by atoms with Gasteiger partial charge in [-0.25, -0.2) is 0 Å². The summed E-state index contributed by atoms with van der Waals surface area (Å²) in [5.74, 6) is 1.11. The Morgan fingerprint density at radius 2 is 2.22 bits per heavy atom. The molecule has 7 heteroatoms. The zero-order valence-corrected chi connectivity index (χ0v) is 12.7. The first-order valence-electron chi connectivity index (χ1n) is 7.79. The average molecular weight is 314 g/mol. The van der Waals surface area contributed by atoms with Crippen LogP contribution in [-0.4, -0.2) is 21.6 Å². The highest BCUT2D eigenvalue weighted by Gasteiger charge is 2.33. The normalized spacial score (nSPS) is 16.7. The van der Waals surface area contributed by atoms with E-state index in [2.05, 4.69) is 21.5 Å². The van der Waals surface area contributed by atoms with Gasteiger partial charge >= 0.3 is 0 Å². The highest BCUT2D eigenvalue weighted by molar-refractivity contribution is 5.77. The first-order valence-corrected chi connectivity index (χ1v) is 7.79. The highest BCUT2D eigenvalue weighted by Crippen LogP contribution is 2.27. The van der Waals surface area contributed by atoms with Crippen LogP contribution in [0.4, 0.5) is 0 Å². The summed E-state index contributed by atoms with van der Waals surface area (Å²) in [6.07, 6.45) is 6.59. The molecule has 1 N–H and O–H groups in total. The summed E-state index contributed by atoms with van der Waals surface area (Å²) in [4.78, 5) is 16.3. The smallest absolute Gasteiger partial charge is 0.238 e. The number of aromatic nitrogens is 2. The fourth-order valence-corrected chi connectivity index (χ4v) is 2.83. The van der Waals surface area contributed by atoms with E-state index < -0.39 is 5.54 Å². The zero-order valence-electron chi connectivity index (χ0n) is 12.7. The first-order chi connectivity index (χ1) is 11.2. The lowest BCUT2D eigenvalue weighted by atomic mass is 9.83. The molecule has 0 unspecified atom stereocenters. The Bertz CT molecular complexity index is 693. The lowest BCUT2D eigenvalue weighted by molar-refractivity contribution is -0.122. The maximum Gasteiger partial charge on any atom is 0.238 e. The molecular formula is C16H18N4O3. The number of aryl methyl sites for hydroxylation is 1. The predicted molar refractivity (Wildman–Crippen MR) is 79.9 cm³/mol. The Kier molecular flexibility index (Phi) is 4.42. The predicted octanol–water partition coefficient (Wildman–Crippen LogP) is 2.60. The van der Waals surface area contributed by atoms with Crippen molar-refractivity contribution in [2.75, 3.05) is 0 Å². The van der Waals surface area contributed by atoms with Crippen LogP contribution in [-0.2, 0) is 11.2 Å². The number of nitriles is 1. The van der Waals surface area contributed by atoms with Crippen molar-refractivity contribution in [3.63, 3.8) is 0 Å². The minimum Gasteiger partial charge on any atom is -0.461 e. The Labute approximate surface area is 133 Å². The van der Waals surface area contributed by atoms with Crippen LogP contribution in [0.25, 0.3) is 11.6 Å². The number of nitrogens with one attached hydrogen (secondary N) is 1. The quantitative estimate of drug-likeness (QED) is 0.909. The molecule has 1 aliphatic carbocycles. The molecule has 0 radical (unpaired) electrons. The van der Waals surface area contributed by atoms with Crippen LogP contribution in [0.15, 0.2) is 27.3 Å². The number of carbonyl (C=O) groups excluding carboxylic acids is 1. The average Bonchev–Trinajstić information content (AvgIpc) is 3.25. The molecule has 0 bridgehead atoms. The minimum atomic E-state index is -0.705. The van der Waals surface area contributed by atoms with Crippen molar-refractivity contribution in [2.45, 2.75) is 50.5 Å². The fraction of sp³-hybridized carbons (Fsp3) is 0.500.